The number of hydrogen-bond acceptors (Lipinski definition) is 5. The number of nitrogens with two attached hydrogens (primary N) is 1. The fraction of sp³-hybridized carbons (Fsp3) is 0.400. The molecule has 3 N–H and O–H groups in total. The van der Waals surface area contributed by atoms with Crippen LogP contribution in [0, 0.1) is 39.3 Å². The summed E-state index contributed by atoms with van der Waals surface area (Å²) in [5, 5.41) is 19.5. The third kappa shape index (κ3) is 1.22. The molecule has 0 spiro atoms. The van der Waals surface area contributed by atoms with Crippen LogP contribution in [0.15, 0.2) is 24.3 Å². The van der Waals surface area contributed by atoms with Gasteiger partial charge in [0.2, 0.25) is 0 Å². The molecule has 1 aromatic rings. The van der Waals surface area contributed by atoms with E-state index in [2.05, 4.69) is 17.1 Å². The Balaban J connectivity index is 2.23. The highest BCUT2D eigenvalue weighted by Crippen LogP contribution is 2.78. The number of nitriles is 2. The maximum Gasteiger partial charge on any atom is 0.342 e. The van der Waals surface area contributed by atoms with E-state index in [0.29, 0.717) is 5.56 Å². The monoisotopic (exact) mass is 301 g/mol. The Hall–Kier alpha value is -2.48. The summed E-state index contributed by atoms with van der Waals surface area (Å²) in [6.07, 6.45) is 0. The van der Waals surface area contributed by atoms with Crippen molar-refractivity contribution in [2.24, 2.45) is 16.6 Å². The molecule has 1 aliphatic heterocycles. The zero-order chi connectivity index (χ0) is 16.2. The largest absolute Gasteiger partial charge is 0.342 e. The van der Waals surface area contributed by atoms with Gasteiger partial charge >= 0.3 is 5.91 Å². The molecular weight excluding hydrogens is 287 g/mol. The Labute approximate surface area is 126 Å². The standard InChI is InChI=1S/C15H13FN4O2/c1-21-15(22-2)14(8-18)11(9-3-5-10(16)6-4-9)13(14,7-17)12(19)20-15/h3-6,11H,1-2H3,(H2,19,20)/p+1/t11-,13+,14+/m0/s1. The number of ether oxygens (including phenoxy) is 2. The molecule has 0 amide bonds. The summed E-state index contributed by atoms with van der Waals surface area (Å²) in [5.41, 5.74) is 4.01. The second-order valence-corrected chi connectivity index (χ2v) is 5.39. The van der Waals surface area contributed by atoms with Crippen LogP contribution in [-0.2, 0) is 9.47 Å². The molecule has 1 aliphatic carbocycles. The lowest BCUT2D eigenvalue weighted by atomic mass is 9.93. The Morgan fingerprint density at radius 2 is 1.77 bits per heavy atom. The summed E-state index contributed by atoms with van der Waals surface area (Å²) in [6.45, 7) is 0. The van der Waals surface area contributed by atoms with Gasteiger partial charge in [-0.2, -0.15) is 10.5 Å². The lowest BCUT2D eigenvalue weighted by Crippen LogP contribution is -2.90. The molecule has 0 bridgehead atoms. The van der Waals surface area contributed by atoms with Gasteiger partial charge in [0.15, 0.2) is 10.8 Å². The first-order valence-electron chi connectivity index (χ1n) is 6.59. The summed E-state index contributed by atoms with van der Waals surface area (Å²) >= 11 is 0. The Morgan fingerprint density at radius 3 is 2.23 bits per heavy atom. The molecule has 1 heterocycles. The van der Waals surface area contributed by atoms with E-state index in [9.17, 15) is 14.9 Å². The summed E-state index contributed by atoms with van der Waals surface area (Å²) in [6, 6.07) is 9.95. The van der Waals surface area contributed by atoms with Gasteiger partial charge in [0, 0.05) is 20.1 Å². The number of nitrogens with zero attached hydrogens (tertiary/aromatic N) is 2. The molecule has 6 nitrogen and oxygen atoms in total. The highest BCUT2D eigenvalue weighted by molar-refractivity contribution is 5.95. The summed E-state index contributed by atoms with van der Waals surface area (Å²) < 4.78 is 23.9. The number of hydrogen-bond donors (Lipinski definition) is 2. The minimum Gasteiger partial charge on any atom is -0.317 e. The van der Waals surface area contributed by atoms with Gasteiger partial charge in [0.05, 0.1) is 12.1 Å². The first-order valence-corrected chi connectivity index (χ1v) is 6.59. The van der Waals surface area contributed by atoms with Crippen LogP contribution >= 0.6 is 0 Å². The number of benzene rings is 1. The van der Waals surface area contributed by atoms with Gasteiger partial charge in [-0.25, -0.2) is 9.38 Å². The van der Waals surface area contributed by atoms with Crippen LogP contribution in [0.1, 0.15) is 11.5 Å². The predicted octanol–water partition coefficient (Wildman–Crippen LogP) is -0.659. The second-order valence-electron chi connectivity index (χ2n) is 5.39. The number of halogens is 1. The number of amidine groups is 1. The molecule has 0 aromatic heterocycles. The van der Waals surface area contributed by atoms with Gasteiger partial charge in [0.1, 0.15) is 5.82 Å². The second kappa shape index (κ2) is 4.26. The molecule has 0 radical (unpaired) electrons. The third-order valence-corrected chi connectivity index (χ3v) is 4.78. The highest BCUT2D eigenvalue weighted by Gasteiger charge is 2.96. The van der Waals surface area contributed by atoms with E-state index in [-0.39, 0.29) is 5.84 Å². The maximum absolute atomic E-state index is 13.2. The average Bonchev–Trinajstić information content (AvgIpc) is 3.11. The smallest absolute Gasteiger partial charge is 0.317 e. The van der Waals surface area contributed by atoms with E-state index in [0.717, 1.165) is 0 Å². The van der Waals surface area contributed by atoms with Gasteiger partial charge in [-0.3, -0.25) is 5.73 Å². The lowest BCUT2D eigenvalue weighted by Gasteiger charge is -2.26. The normalized spacial score (nSPS) is 34.2. The van der Waals surface area contributed by atoms with Crippen molar-refractivity contribution in [3.05, 3.63) is 35.6 Å². The Bertz CT molecular complexity index is 744. The number of methoxy groups -OCH3 is 2. The molecule has 112 valence electrons. The van der Waals surface area contributed by atoms with E-state index >= 15 is 0 Å². The van der Waals surface area contributed by atoms with Crippen molar-refractivity contribution in [3.8, 4) is 12.1 Å². The van der Waals surface area contributed by atoms with Crippen molar-refractivity contribution in [3.63, 3.8) is 0 Å². The Kier molecular flexibility index (Phi) is 2.80. The SMILES string of the molecule is COC1(OC)[NH+]=C(N)[C@@]2(C#N)[C@H](c3ccc(F)cc3)[C@@]12C#N. The zero-order valence-electron chi connectivity index (χ0n) is 12.1. The van der Waals surface area contributed by atoms with Gasteiger partial charge in [-0.05, 0) is 17.7 Å². The highest BCUT2D eigenvalue weighted by atomic mass is 19.1. The molecule has 0 unspecified atom stereocenters. The van der Waals surface area contributed by atoms with Crippen LogP contribution in [0.5, 0.6) is 0 Å². The number of rotatable bonds is 3. The van der Waals surface area contributed by atoms with Crippen molar-refractivity contribution in [2.45, 2.75) is 11.8 Å². The van der Waals surface area contributed by atoms with Crippen LogP contribution in [0.2, 0.25) is 0 Å². The minimum atomic E-state index is -1.53. The topological polar surface area (TPSA) is 106 Å². The van der Waals surface area contributed by atoms with Crippen LogP contribution in [-0.4, -0.2) is 26.0 Å². The van der Waals surface area contributed by atoms with E-state index in [1.54, 1.807) is 12.1 Å². The van der Waals surface area contributed by atoms with E-state index in [1.165, 1.54) is 26.4 Å². The van der Waals surface area contributed by atoms with Crippen LogP contribution in [0.4, 0.5) is 4.39 Å². The number of nitrogens with one attached hydrogen (secondary N) is 1. The quantitative estimate of drug-likeness (QED) is 0.721. The van der Waals surface area contributed by atoms with Crippen molar-refractivity contribution in [1.82, 2.24) is 0 Å². The van der Waals surface area contributed by atoms with E-state index in [4.69, 9.17) is 15.2 Å². The maximum atomic E-state index is 13.2. The summed E-state index contributed by atoms with van der Waals surface area (Å²) in [7, 11) is 2.74. The molecule has 1 aromatic carbocycles. The first-order chi connectivity index (χ1) is 10.5. The molecular formula is C15H14FN4O2+. The van der Waals surface area contributed by atoms with Crippen LogP contribution in [0.25, 0.3) is 0 Å². The average molecular weight is 301 g/mol. The molecule has 2 aliphatic rings. The van der Waals surface area contributed by atoms with Crippen LogP contribution < -0.4 is 10.7 Å². The Morgan fingerprint density at radius 1 is 1.18 bits per heavy atom. The lowest BCUT2D eigenvalue weighted by molar-refractivity contribution is -0.687. The van der Waals surface area contributed by atoms with E-state index in [1.807, 2.05) is 0 Å². The van der Waals surface area contributed by atoms with Gasteiger partial charge in [0.25, 0.3) is 5.84 Å². The van der Waals surface area contributed by atoms with Gasteiger partial charge in [-0.15, -0.1) is 0 Å². The minimum absolute atomic E-state index is 0.120. The molecule has 3 rings (SSSR count). The zero-order valence-corrected chi connectivity index (χ0v) is 12.1. The fourth-order valence-corrected chi connectivity index (χ4v) is 3.77. The summed E-state index contributed by atoms with van der Waals surface area (Å²) in [5.74, 6) is -2.38. The van der Waals surface area contributed by atoms with Gasteiger partial charge in [-0.1, -0.05) is 12.1 Å². The molecule has 1 fully saturated rings. The molecule has 3 atom stereocenters. The van der Waals surface area contributed by atoms with Crippen molar-refractivity contribution >= 4 is 5.84 Å². The van der Waals surface area contributed by atoms with Crippen LogP contribution in [0.3, 0.4) is 0 Å². The van der Waals surface area contributed by atoms with Crippen molar-refractivity contribution < 1.29 is 18.9 Å². The van der Waals surface area contributed by atoms with E-state index < -0.39 is 28.5 Å². The first kappa shape index (κ1) is 14.5. The predicted molar refractivity (Wildman–Crippen MR) is 72.1 cm³/mol. The number of fused-ring (bicyclic) bond motifs is 1. The van der Waals surface area contributed by atoms with Crippen molar-refractivity contribution in [2.75, 3.05) is 14.2 Å². The van der Waals surface area contributed by atoms with Gasteiger partial charge < -0.3 is 9.47 Å². The molecule has 1 saturated carbocycles. The summed E-state index contributed by atoms with van der Waals surface area (Å²) in [4.78, 5) is 2.79. The van der Waals surface area contributed by atoms with Crippen molar-refractivity contribution in [1.29, 1.82) is 10.5 Å². The molecule has 22 heavy (non-hydrogen) atoms. The molecule has 0 saturated heterocycles. The molecule has 7 heteroatoms. The fourth-order valence-electron chi connectivity index (χ4n) is 3.77. The third-order valence-electron chi connectivity index (χ3n) is 4.78.